The van der Waals surface area contributed by atoms with Crippen molar-refractivity contribution >= 4 is 21.9 Å². The van der Waals surface area contributed by atoms with Crippen LogP contribution in [0.4, 0.5) is 0 Å². The van der Waals surface area contributed by atoms with E-state index in [1.807, 2.05) is 0 Å². The van der Waals surface area contributed by atoms with Gasteiger partial charge in [-0.05, 0) is 70.0 Å². The minimum Gasteiger partial charge on any atom is -0.456 e. The predicted molar refractivity (Wildman–Crippen MR) is 208 cm³/mol. The van der Waals surface area contributed by atoms with E-state index in [9.17, 15) is 11.0 Å². The smallest absolute Gasteiger partial charge is 0.160 e. The molecule has 3 heteroatoms. The summed E-state index contributed by atoms with van der Waals surface area (Å²) in [5.41, 5.74) is -7.16. The van der Waals surface area contributed by atoms with E-state index < -0.39 is 160 Å². The molecule has 7 aromatic carbocycles. The number of para-hydroxylation sites is 1. The van der Waals surface area contributed by atoms with Gasteiger partial charge in [0.25, 0.3) is 0 Å². The average molecular weight is 675 g/mol. The fraction of sp³-hybridized carbons (Fsp3) is 0.0417. The van der Waals surface area contributed by atoms with Gasteiger partial charge in [0.05, 0.1) is 37.4 Å². The fourth-order valence-corrected chi connectivity index (χ4v) is 6.57. The van der Waals surface area contributed by atoms with Crippen molar-refractivity contribution in [3.63, 3.8) is 0 Å². The SMILES string of the molecule is [2H]c1c([2H])c([2H])c(C2(C([2H])([2H])[2H])c3c([2H])c([2H])c([2H])c([2H])c3-c3c(-c4cc(-c5cccc(-c6c([2H])c([2H])c([2H])c7oc8c([2H])c([2H])c([2H])c([2H])c8c67)c5)nc(-c5ccccc5)n4)c([2H])c([2H])c([2H])c32)c([2H])c1[2H]. The Labute approximate surface area is 327 Å². The third-order valence-electron chi connectivity index (χ3n) is 8.85. The molecule has 10 rings (SSSR count). The van der Waals surface area contributed by atoms with Crippen LogP contribution in [-0.4, -0.2) is 9.97 Å². The summed E-state index contributed by atoms with van der Waals surface area (Å²) in [6.45, 7) is -3.65. The Kier molecular flexibility index (Phi) is 3.32. The molecule has 2 heterocycles. The van der Waals surface area contributed by atoms with Gasteiger partial charge in [-0.25, -0.2) is 9.97 Å². The van der Waals surface area contributed by atoms with Crippen molar-refractivity contribution in [2.75, 3.05) is 0 Å². The summed E-state index contributed by atoms with van der Waals surface area (Å²) in [6, 6.07) is 0.710. The van der Waals surface area contributed by atoms with Crippen LogP contribution in [0.1, 0.15) is 53.7 Å². The van der Waals surface area contributed by atoms with Crippen LogP contribution in [0.5, 0.6) is 0 Å². The summed E-state index contributed by atoms with van der Waals surface area (Å²) in [5, 5.41) is -0.165. The molecule has 0 aliphatic heterocycles. The minimum absolute atomic E-state index is 0.0327. The summed E-state index contributed by atoms with van der Waals surface area (Å²) in [6.07, 6.45) is 0. The lowest BCUT2D eigenvalue weighted by Gasteiger charge is -2.28. The number of furan rings is 1. The monoisotopic (exact) mass is 674 g/mol. The molecule has 0 saturated carbocycles. The van der Waals surface area contributed by atoms with Crippen LogP contribution in [0, 0.1) is 0 Å². The van der Waals surface area contributed by atoms with Crippen molar-refractivity contribution in [2.24, 2.45) is 0 Å². The Morgan fingerprint density at radius 2 is 1.24 bits per heavy atom. The predicted octanol–water partition coefficient (Wildman–Crippen LogP) is 12.4. The molecule has 0 amide bonds. The molecule has 0 fully saturated rings. The molecule has 240 valence electrons. The number of benzene rings is 7. The summed E-state index contributed by atoms with van der Waals surface area (Å²) in [4.78, 5) is 9.68. The van der Waals surface area contributed by atoms with E-state index in [4.69, 9.17) is 33.6 Å². The van der Waals surface area contributed by atoms with E-state index in [1.54, 1.807) is 48.5 Å². The minimum atomic E-state index is -3.65. The van der Waals surface area contributed by atoms with Crippen LogP contribution in [0.2, 0.25) is 0 Å². The number of hydrogen-bond acceptors (Lipinski definition) is 3. The summed E-state index contributed by atoms with van der Waals surface area (Å²) < 4.78 is 203. The maximum atomic E-state index is 9.54. The van der Waals surface area contributed by atoms with Crippen LogP contribution in [0.3, 0.4) is 0 Å². The summed E-state index contributed by atoms with van der Waals surface area (Å²) >= 11 is 0. The van der Waals surface area contributed by atoms with Crippen LogP contribution in [0.25, 0.3) is 78.1 Å². The highest BCUT2D eigenvalue weighted by molar-refractivity contribution is 6.12. The highest BCUT2D eigenvalue weighted by atomic mass is 16.3. The Hall–Kier alpha value is -6.58. The standard InChI is InChI=1S/C48H32N2O/c1-48(34-19-6-3-7-20-34)39-25-10-8-21-36(39)45-37(24-13-26-40(45)48)42-30-41(49-47(50-42)31-15-4-2-5-16-31)33-18-12-17-32(29-33)35-23-14-28-44-46(35)38-22-9-11-27-43(38)51-44/h2-30H,1H3/i1D3,3D,6D,7D,8D,9D,10D,11D,13D,14D,19D,20D,21D,22D,23D,24D,25D,26D,27D,28D. The summed E-state index contributed by atoms with van der Waals surface area (Å²) in [5.74, 6) is -0.0404. The largest absolute Gasteiger partial charge is 0.456 e. The Bertz CT molecular complexity index is 3940. The first-order valence-corrected chi connectivity index (χ1v) is 15.6. The van der Waals surface area contributed by atoms with Crippen molar-refractivity contribution in [3.05, 3.63) is 192 Å². The quantitative estimate of drug-likeness (QED) is 0.182. The van der Waals surface area contributed by atoms with E-state index in [2.05, 4.69) is 0 Å². The first kappa shape index (κ1) is 14.7. The number of rotatable bonds is 5. The molecule has 0 radical (unpaired) electrons. The lowest BCUT2D eigenvalue weighted by atomic mass is 9.74. The lowest BCUT2D eigenvalue weighted by molar-refractivity contribution is 0.669. The topological polar surface area (TPSA) is 38.9 Å². The van der Waals surface area contributed by atoms with Gasteiger partial charge in [-0.15, -0.1) is 0 Å². The zero-order valence-electron chi connectivity index (χ0n) is 48.1. The lowest BCUT2D eigenvalue weighted by Crippen LogP contribution is -2.22. The highest BCUT2D eigenvalue weighted by Gasteiger charge is 2.41. The maximum Gasteiger partial charge on any atom is 0.160 e. The molecular weight excluding hydrogens is 621 g/mol. The van der Waals surface area contributed by atoms with Gasteiger partial charge >= 0.3 is 0 Å². The van der Waals surface area contributed by atoms with E-state index in [0.717, 1.165) is 0 Å². The molecule has 0 saturated heterocycles. The van der Waals surface area contributed by atoms with Gasteiger partial charge < -0.3 is 4.42 Å². The van der Waals surface area contributed by atoms with Crippen LogP contribution >= 0.6 is 0 Å². The van der Waals surface area contributed by atoms with Crippen molar-refractivity contribution in [1.82, 2.24) is 9.97 Å². The zero-order chi connectivity index (χ0) is 53.0. The van der Waals surface area contributed by atoms with Gasteiger partial charge in [0, 0.05) is 37.0 Å². The molecule has 0 N–H and O–H groups in total. The summed E-state index contributed by atoms with van der Waals surface area (Å²) in [7, 11) is 0. The van der Waals surface area contributed by atoms with Crippen molar-refractivity contribution < 1.29 is 34.6 Å². The van der Waals surface area contributed by atoms with Crippen molar-refractivity contribution in [1.29, 1.82) is 0 Å². The van der Waals surface area contributed by atoms with Gasteiger partial charge in [-0.1, -0.05) is 151 Å². The number of hydrogen-bond donors (Lipinski definition) is 0. The molecule has 2 aromatic heterocycles. The van der Waals surface area contributed by atoms with E-state index in [-0.39, 0.29) is 55.8 Å². The molecule has 3 nitrogen and oxygen atoms in total. The first-order valence-electron chi connectivity index (χ1n) is 26.6. The van der Waals surface area contributed by atoms with Gasteiger partial charge in [-0.2, -0.15) is 0 Å². The number of aromatic nitrogens is 2. The second-order valence-corrected chi connectivity index (χ2v) is 11.7. The highest BCUT2D eigenvalue weighted by Crippen LogP contribution is 2.55. The zero-order valence-corrected chi connectivity index (χ0v) is 26.1. The molecule has 1 aliphatic rings. The molecule has 1 atom stereocenters. The van der Waals surface area contributed by atoms with Gasteiger partial charge in [0.15, 0.2) is 5.82 Å². The molecule has 0 spiro atoms. The van der Waals surface area contributed by atoms with Crippen molar-refractivity contribution in [3.8, 4) is 56.2 Å². The Morgan fingerprint density at radius 1 is 0.549 bits per heavy atom. The second kappa shape index (κ2) is 11.5. The Balaban J connectivity index is 1.34. The molecule has 1 unspecified atom stereocenters. The normalized spacial score (nSPS) is 21.2. The third kappa shape index (κ3) is 4.59. The van der Waals surface area contributed by atoms with Crippen LogP contribution in [0.15, 0.2) is 180 Å². The molecule has 0 bridgehead atoms. The molecule has 51 heavy (non-hydrogen) atoms. The van der Waals surface area contributed by atoms with Gasteiger partial charge in [0.1, 0.15) is 11.2 Å². The van der Waals surface area contributed by atoms with Crippen LogP contribution < -0.4 is 0 Å². The van der Waals surface area contributed by atoms with E-state index in [0.29, 0.717) is 5.56 Å². The Morgan fingerprint density at radius 3 is 2.14 bits per heavy atom. The first-order chi connectivity index (χ1) is 34.3. The molecule has 9 aromatic rings. The second-order valence-electron chi connectivity index (χ2n) is 11.7. The van der Waals surface area contributed by atoms with Crippen LogP contribution in [-0.2, 0) is 5.41 Å². The van der Waals surface area contributed by atoms with Gasteiger partial charge in [0.2, 0.25) is 0 Å². The number of fused-ring (bicyclic) bond motifs is 6. The average Bonchev–Trinajstić information content (AvgIpc) is 3.93. The third-order valence-corrected chi connectivity index (χ3v) is 8.85. The molecular formula is C48H32N2O. The molecule has 1 aliphatic carbocycles. The van der Waals surface area contributed by atoms with E-state index in [1.165, 1.54) is 12.1 Å². The fourth-order valence-electron chi connectivity index (χ4n) is 6.57. The number of nitrogens with zero attached hydrogens (tertiary/aromatic N) is 2. The van der Waals surface area contributed by atoms with Gasteiger partial charge in [-0.3, -0.25) is 0 Å². The van der Waals surface area contributed by atoms with Crippen molar-refractivity contribution in [2.45, 2.75) is 12.3 Å². The van der Waals surface area contributed by atoms with E-state index >= 15 is 0 Å². The maximum absolute atomic E-state index is 9.54.